The molecular formula is C22H27ClFN7O2S. The third kappa shape index (κ3) is 6.10. The van der Waals surface area contributed by atoms with Crippen LogP contribution in [-0.4, -0.2) is 50.5 Å². The van der Waals surface area contributed by atoms with Gasteiger partial charge < -0.3 is 10.2 Å². The molecule has 2 aromatic heterocycles. The van der Waals surface area contributed by atoms with Crippen LogP contribution in [0.1, 0.15) is 25.3 Å². The van der Waals surface area contributed by atoms with Crippen LogP contribution in [0, 0.1) is 10.6 Å². The number of amides is 2. The highest BCUT2D eigenvalue weighted by molar-refractivity contribution is 7.91. The Kier molecular flexibility index (Phi) is 7.90. The second-order valence-corrected chi connectivity index (χ2v) is 10.4. The van der Waals surface area contributed by atoms with Gasteiger partial charge in [-0.15, -0.1) is 0 Å². The van der Waals surface area contributed by atoms with Crippen LogP contribution in [-0.2, 0) is 16.5 Å². The van der Waals surface area contributed by atoms with Gasteiger partial charge >= 0.3 is 6.03 Å². The van der Waals surface area contributed by atoms with Crippen LogP contribution in [0.4, 0.5) is 14.9 Å². The number of likely N-dealkylation sites (N-methyl/N-ethyl adjacent to an activating group) is 1. The Hall–Kier alpha value is -3.02. The maximum absolute atomic E-state index is 14.4. The monoisotopic (exact) mass is 507 g/mol. The summed E-state index contributed by atoms with van der Waals surface area (Å²) < 4.78 is 39.3. The molecule has 1 aromatic carbocycles. The van der Waals surface area contributed by atoms with Gasteiger partial charge in [0.25, 0.3) is 0 Å². The molecule has 0 radical (unpaired) electrons. The smallest absolute Gasteiger partial charge is 0.308 e. The Morgan fingerprint density at radius 2 is 2.09 bits per heavy atom. The van der Waals surface area contributed by atoms with E-state index in [4.69, 9.17) is 16.4 Å². The average Bonchev–Trinajstić information content (AvgIpc) is 3.15. The molecule has 9 nitrogen and oxygen atoms in total. The summed E-state index contributed by atoms with van der Waals surface area (Å²) in [4.78, 5) is 18.9. The van der Waals surface area contributed by atoms with E-state index >= 15 is 0 Å². The molecule has 0 saturated carbocycles. The van der Waals surface area contributed by atoms with Crippen molar-refractivity contribution in [3.05, 3.63) is 59.3 Å². The molecule has 2 heterocycles. The highest BCUT2D eigenvalue weighted by Gasteiger charge is 2.24. The quantitative estimate of drug-likeness (QED) is 0.413. The van der Waals surface area contributed by atoms with E-state index in [0.717, 1.165) is 0 Å². The SMILES string of the molecule is CC(C)c1cc(F)cc(-c2cccnc2)c1NC(=O)NS(=N)(=O)c1nn(CCN(C)C)cc1Cl. The summed E-state index contributed by atoms with van der Waals surface area (Å²) in [5, 5.41) is 6.56. The normalized spacial score (nSPS) is 13.2. The van der Waals surface area contributed by atoms with Crippen LogP contribution in [0.15, 0.2) is 47.9 Å². The summed E-state index contributed by atoms with van der Waals surface area (Å²) in [6.45, 7) is 4.85. The first-order valence-electron chi connectivity index (χ1n) is 10.5. The van der Waals surface area contributed by atoms with Gasteiger partial charge in [0.05, 0.1) is 17.3 Å². The van der Waals surface area contributed by atoms with Gasteiger partial charge in [-0.05, 0) is 43.8 Å². The maximum Gasteiger partial charge on any atom is 0.332 e. The second-order valence-electron chi connectivity index (χ2n) is 8.27. The third-order valence-corrected chi connectivity index (χ3v) is 6.65. The Bertz CT molecular complexity index is 1280. The minimum Gasteiger partial charge on any atom is -0.308 e. The van der Waals surface area contributed by atoms with E-state index < -0.39 is 21.8 Å². The van der Waals surface area contributed by atoms with Crippen LogP contribution in [0.2, 0.25) is 5.02 Å². The van der Waals surface area contributed by atoms with Crippen molar-refractivity contribution >= 4 is 33.2 Å². The number of hydrogen-bond donors (Lipinski definition) is 3. The summed E-state index contributed by atoms with van der Waals surface area (Å²) >= 11 is 6.16. The summed E-state index contributed by atoms with van der Waals surface area (Å²) in [5.74, 6) is -0.600. The molecule has 1 unspecified atom stereocenters. The zero-order chi connectivity index (χ0) is 25.0. The highest BCUT2D eigenvalue weighted by atomic mass is 35.5. The van der Waals surface area contributed by atoms with Crippen molar-refractivity contribution in [3.8, 4) is 11.1 Å². The van der Waals surface area contributed by atoms with Crippen LogP contribution in [0.3, 0.4) is 0 Å². The largest absolute Gasteiger partial charge is 0.332 e. The van der Waals surface area contributed by atoms with E-state index in [1.54, 1.807) is 24.5 Å². The van der Waals surface area contributed by atoms with Gasteiger partial charge in [0.15, 0.2) is 14.9 Å². The van der Waals surface area contributed by atoms with Crippen molar-refractivity contribution in [2.24, 2.45) is 0 Å². The lowest BCUT2D eigenvalue weighted by Crippen LogP contribution is -2.34. The van der Waals surface area contributed by atoms with E-state index in [1.807, 2.05) is 32.8 Å². The molecule has 34 heavy (non-hydrogen) atoms. The molecule has 0 aliphatic rings. The van der Waals surface area contributed by atoms with Gasteiger partial charge in [0.2, 0.25) is 0 Å². The third-order valence-electron chi connectivity index (χ3n) is 4.94. The molecule has 2 amide bonds. The number of halogens is 2. The summed E-state index contributed by atoms with van der Waals surface area (Å²) in [6, 6.07) is 5.16. The van der Waals surface area contributed by atoms with Crippen molar-refractivity contribution in [2.45, 2.75) is 31.3 Å². The Morgan fingerprint density at radius 1 is 1.35 bits per heavy atom. The van der Waals surface area contributed by atoms with Crippen LogP contribution < -0.4 is 10.0 Å². The number of urea groups is 1. The summed E-state index contributed by atoms with van der Waals surface area (Å²) in [6.07, 6.45) is 4.60. The van der Waals surface area contributed by atoms with Gasteiger partial charge in [-0.25, -0.2) is 22.9 Å². The van der Waals surface area contributed by atoms with Crippen molar-refractivity contribution in [3.63, 3.8) is 0 Å². The molecule has 1 atom stereocenters. The molecule has 0 spiro atoms. The zero-order valence-corrected chi connectivity index (χ0v) is 20.9. The number of nitrogens with one attached hydrogen (secondary N) is 3. The number of nitrogens with zero attached hydrogens (tertiary/aromatic N) is 4. The molecule has 0 saturated heterocycles. The lowest BCUT2D eigenvalue weighted by molar-refractivity contribution is 0.256. The summed E-state index contributed by atoms with van der Waals surface area (Å²) in [5.41, 5.74) is 1.87. The topological polar surface area (TPSA) is 116 Å². The standard InChI is InChI=1S/C22H27ClFN7O2S/c1-14(2)17-10-16(24)11-18(15-6-5-7-26-12-15)20(17)27-22(32)29-34(25,33)21-19(23)13-31(28-21)9-8-30(3)4/h5-7,10-14H,8-9H2,1-4H3,(H3,25,27,29,32,33). The molecule has 3 N–H and O–H groups in total. The fraction of sp³-hybridized carbons (Fsp3) is 0.318. The molecule has 182 valence electrons. The Morgan fingerprint density at radius 3 is 2.71 bits per heavy atom. The molecule has 0 fully saturated rings. The van der Waals surface area contributed by atoms with Crippen molar-refractivity contribution in [1.29, 1.82) is 4.78 Å². The van der Waals surface area contributed by atoms with Gasteiger partial charge in [0.1, 0.15) is 5.82 Å². The van der Waals surface area contributed by atoms with Gasteiger partial charge in [0, 0.05) is 36.3 Å². The van der Waals surface area contributed by atoms with E-state index in [2.05, 4.69) is 20.1 Å². The van der Waals surface area contributed by atoms with Crippen molar-refractivity contribution in [1.82, 2.24) is 24.4 Å². The molecule has 3 aromatic rings. The number of benzene rings is 1. The molecule has 12 heteroatoms. The van der Waals surface area contributed by atoms with E-state index in [1.165, 1.54) is 23.0 Å². The summed E-state index contributed by atoms with van der Waals surface area (Å²) in [7, 11) is -0.0827. The average molecular weight is 508 g/mol. The second kappa shape index (κ2) is 10.5. The Labute approximate surface area is 203 Å². The van der Waals surface area contributed by atoms with Gasteiger partial charge in [-0.2, -0.15) is 5.10 Å². The first kappa shape index (κ1) is 25.6. The number of pyridine rings is 1. The van der Waals surface area contributed by atoms with Crippen molar-refractivity contribution < 1.29 is 13.4 Å². The minimum absolute atomic E-state index is 0.0137. The molecule has 3 rings (SSSR count). The van der Waals surface area contributed by atoms with Gasteiger partial charge in [-0.1, -0.05) is 31.5 Å². The van der Waals surface area contributed by atoms with E-state index in [0.29, 0.717) is 35.5 Å². The number of hydrogen-bond acceptors (Lipinski definition) is 6. The first-order chi connectivity index (χ1) is 16.0. The van der Waals surface area contributed by atoms with Crippen molar-refractivity contribution in [2.75, 3.05) is 26.0 Å². The van der Waals surface area contributed by atoms with Crippen LogP contribution in [0.5, 0.6) is 0 Å². The zero-order valence-electron chi connectivity index (χ0n) is 19.3. The number of anilines is 1. The lowest BCUT2D eigenvalue weighted by atomic mass is 9.94. The molecule has 0 aliphatic heterocycles. The number of carbonyl (C=O) groups is 1. The number of aromatic nitrogens is 3. The predicted octanol–water partition coefficient (Wildman–Crippen LogP) is 4.56. The van der Waals surface area contributed by atoms with Crippen LogP contribution in [0.25, 0.3) is 11.1 Å². The fourth-order valence-corrected chi connectivity index (χ4v) is 4.71. The number of carbonyl (C=O) groups excluding carboxylic acids is 1. The minimum atomic E-state index is -3.87. The predicted molar refractivity (Wildman–Crippen MR) is 131 cm³/mol. The number of rotatable bonds is 8. The van der Waals surface area contributed by atoms with Crippen LogP contribution >= 0.6 is 11.6 Å². The Balaban J connectivity index is 1.90. The first-order valence-corrected chi connectivity index (χ1v) is 12.4. The highest BCUT2D eigenvalue weighted by Crippen LogP contribution is 2.35. The molecular weight excluding hydrogens is 481 g/mol. The maximum atomic E-state index is 14.4. The fourth-order valence-electron chi connectivity index (χ4n) is 3.28. The lowest BCUT2D eigenvalue weighted by Gasteiger charge is -2.19. The van der Waals surface area contributed by atoms with E-state index in [-0.39, 0.29) is 16.0 Å². The van der Waals surface area contributed by atoms with Gasteiger partial charge in [-0.3, -0.25) is 9.67 Å². The molecule has 0 bridgehead atoms. The van der Waals surface area contributed by atoms with E-state index in [9.17, 15) is 13.4 Å². The molecule has 0 aliphatic carbocycles.